The van der Waals surface area contributed by atoms with Gasteiger partial charge in [0.2, 0.25) is 0 Å². The maximum atomic E-state index is 6.12. The van der Waals surface area contributed by atoms with Gasteiger partial charge in [0.25, 0.3) is 0 Å². The Bertz CT molecular complexity index is 874. The molecule has 4 rings (SSSR count). The molecule has 5 nitrogen and oxygen atoms in total. The average Bonchev–Trinajstić information content (AvgIpc) is 3.13. The van der Waals surface area contributed by atoms with Crippen molar-refractivity contribution in [2.24, 2.45) is 0 Å². The first kappa shape index (κ1) is 15.4. The predicted octanol–water partition coefficient (Wildman–Crippen LogP) is 2.72. The zero-order valence-corrected chi connectivity index (χ0v) is 14.4. The first-order valence-electron chi connectivity index (χ1n) is 8.12. The highest BCUT2D eigenvalue weighted by Crippen LogP contribution is 2.36. The van der Waals surface area contributed by atoms with Gasteiger partial charge >= 0.3 is 7.12 Å². The number of aromatic nitrogens is 3. The average molecular weight is 321 g/mol. The van der Waals surface area contributed by atoms with E-state index in [2.05, 4.69) is 43.8 Å². The van der Waals surface area contributed by atoms with E-state index in [-0.39, 0.29) is 18.3 Å². The molecule has 122 valence electrons. The van der Waals surface area contributed by atoms with Crippen LogP contribution in [0.4, 0.5) is 0 Å². The van der Waals surface area contributed by atoms with Crippen LogP contribution in [0.5, 0.6) is 0 Å². The molecule has 0 spiro atoms. The van der Waals surface area contributed by atoms with Crippen molar-refractivity contribution in [1.82, 2.24) is 14.8 Å². The van der Waals surface area contributed by atoms with Crippen LogP contribution in [0.15, 0.2) is 48.8 Å². The van der Waals surface area contributed by atoms with Gasteiger partial charge in [0.05, 0.1) is 16.7 Å². The zero-order chi connectivity index (χ0) is 16.9. The minimum atomic E-state index is -0.356. The second-order valence-electron chi connectivity index (χ2n) is 7.16. The van der Waals surface area contributed by atoms with Crippen molar-refractivity contribution in [1.29, 1.82) is 0 Å². The van der Waals surface area contributed by atoms with Crippen LogP contribution in [0.25, 0.3) is 16.7 Å². The lowest BCUT2D eigenvalue weighted by atomic mass is 9.78. The second kappa shape index (κ2) is 5.16. The molecule has 0 N–H and O–H groups in total. The molecule has 1 saturated heterocycles. The van der Waals surface area contributed by atoms with E-state index in [4.69, 9.17) is 9.31 Å². The van der Waals surface area contributed by atoms with E-state index in [0.717, 1.165) is 22.2 Å². The van der Waals surface area contributed by atoms with Gasteiger partial charge in [-0.05, 0) is 62.8 Å². The Morgan fingerprint density at radius 1 is 1.00 bits per heavy atom. The van der Waals surface area contributed by atoms with Crippen LogP contribution in [-0.2, 0) is 9.31 Å². The Morgan fingerprint density at radius 2 is 1.75 bits per heavy atom. The van der Waals surface area contributed by atoms with E-state index in [0.29, 0.717) is 0 Å². The van der Waals surface area contributed by atoms with Crippen LogP contribution in [0.1, 0.15) is 27.7 Å². The van der Waals surface area contributed by atoms with E-state index in [9.17, 15) is 0 Å². The van der Waals surface area contributed by atoms with Crippen molar-refractivity contribution in [3.8, 4) is 5.82 Å². The van der Waals surface area contributed by atoms with Crippen molar-refractivity contribution in [3.05, 3.63) is 48.8 Å². The second-order valence-corrected chi connectivity index (χ2v) is 7.16. The summed E-state index contributed by atoms with van der Waals surface area (Å²) in [4.78, 5) is 4.66. The summed E-state index contributed by atoms with van der Waals surface area (Å²) in [5.41, 5.74) is 1.25. The molecule has 0 atom stereocenters. The third-order valence-electron chi connectivity index (χ3n) is 4.96. The fourth-order valence-corrected chi connectivity index (χ4v) is 2.79. The van der Waals surface area contributed by atoms with Crippen LogP contribution in [0, 0.1) is 0 Å². The first-order valence-corrected chi connectivity index (χ1v) is 8.12. The highest BCUT2D eigenvalue weighted by atomic mass is 16.7. The van der Waals surface area contributed by atoms with Crippen molar-refractivity contribution in [2.45, 2.75) is 38.9 Å². The van der Waals surface area contributed by atoms with E-state index in [1.165, 1.54) is 0 Å². The summed E-state index contributed by atoms with van der Waals surface area (Å²) in [6, 6.07) is 12.0. The van der Waals surface area contributed by atoms with Crippen LogP contribution in [0.3, 0.4) is 0 Å². The maximum absolute atomic E-state index is 6.12. The fraction of sp³-hybridized carbons (Fsp3) is 0.333. The third-order valence-corrected chi connectivity index (χ3v) is 4.96. The van der Waals surface area contributed by atoms with E-state index in [1.807, 2.05) is 36.5 Å². The normalized spacial score (nSPS) is 19.1. The summed E-state index contributed by atoms with van der Waals surface area (Å²) in [6.07, 6.45) is 3.63. The van der Waals surface area contributed by atoms with Gasteiger partial charge in [-0.15, -0.1) is 0 Å². The Labute approximate surface area is 141 Å². The summed E-state index contributed by atoms with van der Waals surface area (Å²) in [5, 5.41) is 5.27. The molecule has 1 aromatic carbocycles. The summed E-state index contributed by atoms with van der Waals surface area (Å²) in [5.74, 6) is 0.802. The highest BCUT2D eigenvalue weighted by Gasteiger charge is 2.51. The number of pyridine rings is 1. The molecule has 6 heteroatoms. The Hall–Kier alpha value is -2.18. The number of fused-ring (bicyclic) bond motifs is 1. The lowest BCUT2D eigenvalue weighted by Crippen LogP contribution is -2.41. The van der Waals surface area contributed by atoms with Gasteiger partial charge < -0.3 is 9.31 Å². The molecule has 1 fully saturated rings. The smallest absolute Gasteiger partial charge is 0.399 e. The third kappa shape index (κ3) is 2.42. The number of benzene rings is 1. The van der Waals surface area contributed by atoms with Crippen LogP contribution in [-0.4, -0.2) is 33.1 Å². The van der Waals surface area contributed by atoms with Crippen LogP contribution < -0.4 is 5.46 Å². The van der Waals surface area contributed by atoms with Gasteiger partial charge in [-0.2, -0.15) is 5.10 Å². The lowest BCUT2D eigenvalue weighted by molar-refractivity contribution is 0.00578. The Balaban J connectivity index is 1.69. The molecular weight excluding hydrogens is 301 g/mol. The maximum Gasteiger partial charge on any atom is 0.494 e. The largest absolute Gasteiger partial charge is 0.494 e. The van der Waals surface area contributed by atoms with E-state index >= 15 is 0 Å². The minimum absolute atomic E-state index is 0.338. The zero-order valence-electron chi connectivity index (χ0n) is 14.4. The molecule has 3 aromatic rings. The first-order chi connectivity index (χ1) is 11.4. The molecule has 1 aliphatic rings. The molecule has 0 saturated carbocycles. The number of hydrogen-bond acceptors (Lipinski definition) is 4. The number of rotatable bonds is 2. The predicted molar refractivity (Wildman–Crippen MR) is 94.6 cm³/mol. The molecule has 0 unspecified atom stereocenters. The van der Waals surface area contributed by atoms with Gasteiger partial charge in [-0.1, -0.05) is 12.1 Å². The Kier molecular flexibility index (Phi) is 3.30. The SMILES string of the molecule is CC1(C)OB(c2ccc3nc(-n4cccn4)ccc3c2)OC1(C)C. The molecule has 24 heavy (non-hydrogen) atoms. The molecule has 0 aliphatic carbocycles. The molecule has 0 amide bonds. The minimum Gasteiger partial charge on any atom is -0.399 e. The molecule has 1 aliphatic heterocycles. The lowest BCUT2D eigenvalue weighted by Gasteiger charge is -2.32. The molecule has 3 heterocycles. The molecule has 0 bridgehead atoms. The van der Waals surface area contributed by atoms with Gasteiger partial charge in [-0.3, -0.25) is 0 Å². The highest BCUT2D eigenvalue weighted by molar-refractivity contribution is 6.62. The monoisotopic (exact) mass is 321 g/mol. The number of hydrogen-bond donors (Lipinski definition) is 0. The summed E-state index contributed by atoms with van der Waals surface area (Å²) in [6.45, 7) is 8.25. The van der Waals surface area contributed by atoms with Gasteiger partial charge in [0, 0.05) is 12.4 Å². The van der Waals surface area contributed by atoms with Gasteiger partial charge in [0.1, 0.15) is 0 Å². The van der Waals surface area contributed by atoms with Crippen molar-refractivity contribution >= 4 is 23.5 Å². The fourth-order valence-electron chi connectivity index (χ4n) is 2.79. The Morgan fingerprint density at radius 3 is 2.42 bits per heavy atom. The van der Waals surface area contributed by atoms with Crippen molar-refractivity contribution in [3.63, 3.8) is 0 Å². The molecular formula is C18H20BN3O2. The van der Waals surface area contributed by atoms with E-state index in [1.54, 1.807) is 10.9 Å². The standard InChI is InChI=1S/C18H20BN3O2/c1-17(2)18(3,4)24-19(23-17)14-7-8-15-13(12-14)6-9-16(21-15)22-11-5-10-20-22/h5-12H,1-4H3. The van der Waals surface area contributed by atoms with Gasteiger partial charge in [0.15, 0.2) is 5.82 Å². The molecule has 2 aromatic heterocycles. The summed E-state index contributed by atoms with van der Waals surface area (Å²) >= 11 is 0. The topological polar surface area (TPSA) is 49.2 Å². The summed E-state index contributed by atoms with van der Waals surface area (Å²) in [7, 11) is -0.356. The quantitative estimate of drug-likeness (QED) is 0.681. The number of nitrogens with zero attached hydrogens (tertiary/aromatic N) is 3. The van der Waals surface area contributed by atoms with Crippen molar-refractivity contribution in [2.75, 3.05) is 0 Å². The van der Waals surface area contributed by atoms with Crippen molar-refractivity contribution < 1.29 is 9.31 Å². The molecule has 0 radical (unpaired) electrons. The van der Waals surface area contributed by atoms with Crippen LogP contribution >= 0.6 is 0 Å². The van der Waals surface area contributed by atoms with E-state index < -0.39 is 0 Å². The van der Waals surface area contributed by atoms with Crippen LogP contribution in [0.2, 0.25) is 0 Å². The van der Waals surface area contributed by atoms with Gasteiger partial charge in [-0.25, -0.2) is 9.67 Å². The summed E-state index contributed by atoms with van der Waals surface area (Å²) < 4.78 is 14.0.